The summed E-state index contributed by atoms with van der Waals surface area (Å²) in [6.45, 7) is 20.5. The van der Waals surface area contributed by atoms with E-state index in [0.29, 0.717) is 5.56 Å². The van der Waals surface area contributed by atoms with Crippen LogP contribution in [-0.2, 0) is 0 Å². The molecule has 3 rings (SSSR count). The molecule has 0 bridgehead atoms. The summed E-state index contributed by atoms with van der Waals surface area (Å²) in [5, 5.41) is 11.6. The summed E-state index contributed by atoms with van der Waals surface area (Å²) in [6.07, 6.45) is 3.06. The van der Waals surface area contributed by atoms with Gasteiger partial charge in [-0.3, -0.25) is 0 Å². The van der Waals surface area contributed by atoms with Gasteiger partial charge >= 0.3 is 0 Å². The van der Waals surface area contributed by atoms with Crippen LogP contribution in [0.5, 0.6) is 0 Å². The fraction of sp³-hybridized carbons (Fsp3) is 0.320. The van der Waals surface area contributed by atoms with Gasteiger partial charge in [0.15, 0.2) is 0 Å². The van der Waals surface area contributed by atoms with Crippen LogP contribution < -0.4 is 0 Å². The van der Waals surface area contributed by atoms with Crippen molar-refractivity contribution in [3.63, 3.8) is 0 Å². The molecule has 2 aromatic rings. The standard InChI is InChI=1S/C25H28N2/c1-17(15-25(4,5)6)9-8-12-27-18(2)22-11-7-10-21-13-20(16-26)14-23(19(27)3)24(21)22/h7,10-11,13-14H,1-3,8-9,12,15H2,4-6H3. The second kappa shape index (κ2) is 7.08. The van der Waals surface area contributed by atoms with Gasteiger partial charge in [0.25, 0.3) is 0 Å². The first-order valence-corrected chi connectivity index (χ1v) is 9.51. The van der Waals surface area contributed by atoms with Crippen LogP contribution in [0.4, 0.5) is 0 Å². The number of benzene rings is 2. The minimum absolute atomic E-state index is 0.275. The zero-order chi connectivity index (χ0) is 19.8. The minimum Gasteiger partial charge on any atom is -0.341 e. The van der Waals surface area contributed by atoms with E-state index < -0.39 is 0 Å². The van der Waals surface area contributed by atoms with Crippen LogP contribution in [0.3, 0.4) is 0 Å². The summed E-state index contributed by atoms with van der Waals surface area (Å²) in [7, 11) is 0. The SMILES string of the molecule is C=C(CCCN1C(=C)c2cccc3cc(C#N)cc(c23)C1=C)CC(C)(C)C. The lowest BCUT2D eigenvalue weighted by molar-refractivity contribution is 0.401. The van der Waals surface area contributed by atoms with Gasteiger partial charge < -0.3 is 4.90 Å². The van der Waals surface area contributed by atoms with Crippen molar-refractivity contribution in [3.8, 4) is 6.07 Å². The average molecular weight is 357 g/mol. The molecule has 0 saturated carbocycles. The second-order valence-corrected chi connectivity index (χ2v) is 8.68. The Morgan fingerprint density at radius 2 is 1.81 bits per heavy atom. The van der Waals surface area contributed by atoms with Crippen LogP contribution in [-0.4, -0.2) is 11.4 Å². The van der Waals surface area contributed by atoms with E-state index in [1.54, 1.807) is 0 Å². The van der Waals surface area contributed by atoms with E-state index in [0.717, 1.165) is 59.1 Å². The molecule has 0 saturated heterocycles. The molecule has 0 spiro atoms. The molecule has 138 valence electrons. The van der Waals surface area contributed by atoms with Crippen molar-refractivity contribution in [1.29, 1.82) is 5.26 Å². The summed E-state index contributed by atoms with van der Waals surface area (Å²) < 4.78 is 0. The van der Waals surface area contributed by atoms with E-state index in [4.69, 9.17) is 0 Å². The lowest BCUT2D eigenvalue weighted by Gasteiger charge is -2.35. The Hall–Kier alpha value is -2.79. The second-order valence-electron chi connectivity index (χ2n) is 8.68. The lowest BCUT2D eigenvalue weighted by atomic mass is 9.87. The highest BCUT2D eigenvalue weighted by Gasteiger charge is 2.25. The van der Waals surface area contributed by atoms with Crippen LogP contribution in [0.1, 0.15) is 56.7 Å². The van der Waals surface area contributed by atoms with E-state index in [-0.39, 0.29) is 5.41 Å². The third kappa shape index (κ3) is 3.83. The molecule has 2 aromatic carbocycles. The molecular formula is C25H28N2. The normalized spacial score (nSPS) is 13.8. The smallest absolute Gasteiger partial charge is 0.0992 e. The van der Waals surface area contributed by atoms with E-state index >= 15 is 0 Å². The Morgan fingerprint density at radius 1 is 1.11 bits per heavy atom. The maximum Gasteiger partial charge on any atom is 0.0992 e. The maximum absolute atomic E-state index is 9.38. The molecule has 0 unspecified atom stereocenters. The topological polar surface area (TPSA) is 27.0 Å². The molecule has 0 aliphatic carbocycles. The van der Waals surface area contributed by atoms with E-state index in [2.05, 4.69) is 63.6 Å². The Labute approximate surface area is 163 Å². The van der Waals surface area contributed by atoms with Crippen LogP contribution >= 0.6 is 0 Å². The summed E-state index contributed by atoms with van der Waals surface area (Å²) in [5.74, 6) is 0. The molecule has 1 aliphatic heterocycles. The van der Waals surface area contributed by atoms with Crippen molar-refractivity contribution >= 4 is 22.2 Å². The molecule has 1 heterocycles. The highest BCUT2D eigenvalue weighted by Crippen LogP contribution is 2.41. The van der Waals surface area contributed by atoms with Crippen LogP contribution in [0.2, 0.25) is 0 Å². The van der Waals surface area contributed by atoms with Gasteiger partial charge in [-0.25, -0.2) is 0 Å². The molecule has 0 N–H and O–H groups in total. The lowest BCUT2D eigenvalue weighted by Crippen LogP contribution is -2.24. The van der Waals surface area contributed by atoms with Crippen molar-refractivity contribution in [2.75, 3.05) is 6.54 Å². The Balaban J connectivity index is 1.84. The molecule has 2 heteroatoms. The van der Waals surface area contributed by atoms with Crippen molar-refractivity contribution in [1.82, 2.24) is 4.90 Å². The van der Waals surface area contributed by atoms with Gasteiger partial charge in [0.2, 0.25) is 0 Å². The van der Waals surface area contributed by atoms with E-state index in [1.807, 2.05) is 18.2 Å². The average Bonchev–Trinajstić information content (AvgIpc) is 2.60. The van der Waals surface area contributed by atoms with Crippen molar-refractivity contribution in [2.24, 2.45) is 5.41 Å². The first-order valence-electron chi connectivity index (χ1n) is 9.51. The molecule has 0 atom stereocenters. The number of nitrogens with zero attached hydrogens (tertiary/aromatic N) is 2. The third-order valence-electron chi connectivity index (χ3n) is 5.07. The van der Waals surface area contributed by atoms with E-state index in [9.17, 15) is 5.26 Å². The van der Waals surface area contributed by atoms with Gasteiger partial charge in [0.05, 0.1) is 11.6 Å². The molecular weight excluding hydrogens is 328 g/mol. The Kier molecular flexibility index (Phi) is 4.98. The third-order valence-corrected chi connectivity index (χ3v) is 5.07. The predicted molar refractivity (Wildman–Crippen MR) is 116 cm³/mol. The minimum atomic E-state index is 0.275. The molecule has 2 nitrogen and oxygen atoms in total. The van der Waals surface area contributed by atoms with Gasteiger partial charge in [-0.05, 0) is 42.2 Å². The molecule has 0 aromatic heterocycles. The Bertz CT molecular complexity index is 980. The highest BCUT2D eigenvalue weighted by molar-refractivity contribution is 6.05. The largest absolute Gasteiger partial charge is 0.341 e. The fourth-order valence-electron chi connectivity index (χ4n) is 4.01. The number of hydrogen-bond donors (Lipinski definition) is 0. The van der Waals surface area contributed by atoms with Gasteiger partial charge in [-0.15, -0.1) is 0 Å². The maximum atomic E-state index is 9.38. The number of rotatable bonds is 5. The van der Waals surface area contributed by atoms with E-state index in [1.165, 1.54) is 5.57 Å². The van der Waals surface area contributed by atoms with Gasteiger partial charge in [-0.1, -0.05) is 64.3 Å². The number of allylic oxidation sites excluding steroid dienone is 1. The molecule has 0 amide bonds. The van der Waals surface area contributed by atoms with Crippen molar-refractivity contribution in [2.45, 2.75) is 40.0 Å². The van der Waals surface area contributed by atoms with Crippen molar-refractivity contribution < 1.29 is 0 Å². The summed E-state index contributed by atoms with van der Waals surface area (Å²) in [4.78, 5) is 2.20. The number of nitriles is 1. The Morgan fingerprint density at radius 3 is 2.48 bits per heavy atom. The number of hydrogen-bond acceptors (Lipinski definition) is 2. The molecule has 0 radical (unpaired) electrons. The summed E-state index contributed by atoms with van der Waals surface area (Å²) in [6, 6.07) is 12.4. The zero-order valence-electron chi connectivity index (χ0n) is 16.7. The molecule has 0 fully saturated rings. The van der Waals surface area contributed by atoms with Crippen molar-refractivity contribution in [3.05, 3.63) is 72.3 Å². The highest BCUT2D eigenvalue weighted by atomic mass is 15.2. The van der Waals surface area contributed by atoms with Gasteiger partial charge in [0, 0.05) is 34.5 Å². The van der Waals surface area contributed by atoms with Gasteiger partial charge in [-0.2, -0.15) is 5.26 Å². The predicted octanol–water partition coefficient (Wildman–Crippen LogP) is 6.74. The van der Waals surface area contributed by atoms with Gasteiger partial charge in [0.1, 0.15) is 0 Å². The quantitative estimate of drug-likeness (QED) is 0.555. The fourth-order valence-corrected chi connectivity index (χ4v) is 4.01. The zero-order valence-corrected chi connectivity index (χ0v) is 16.7. The summed E-state index contributed by atoms with van der Waals surface area (Å²) >= 11 is 0. The molecule has 1 aliphatic rings. The summed E-state index contributed by atoms with van der Waals surface area (Å²) in [5.41, 5.74) is 6.34. The van der Waals surface area contributed by atoms with Crippen LogP contribution in [0, 0.1) is 16.7 Å². The van der Waals surface area contributed by atoms with Crippen LogP contribution in [0.25, 0.3) is 22.2 Å². The first-order chi connectivity index (χ1) is 12.7. The monoisotopic (exact) mass is 356 g/mol. The molecule has 27 heavy (non-hydrogen) atoms. The first kappa shape index (κ1) is 19.0. The van der Waals surface area contributed by atoms with Crippen LogP contribution in [0.15, 0.2) is 55.6 Å².